The molecule has 4 aliphatic rings. The SMILES string of the molecule is C#Cc1c(F)ccc2cc(O)cc(-c3nc(N)c4c(N5CC6CCC(C5)N6C(=O)C(F)(F)F)nc(OC[C@]56CCCN5C[C@@H](F)C6)nc4c3F)c12. The first-order valence-corrected chi connectivity index (χ1v) is 16.5. The number of alkyl halides is 4. The van der Waals surface area contributed by atoms with Crippen LogP contribution in [0.5, 0.6) is 11.8 Å². The van der Waals surface area contributed by atoms with Crippen LogP contribution in [0.15, 0.2) is 24.3 Å². The second kappa shape index (κ2) is 11.8. The largest absolute Gasteiger partial charge is 0.508 e. The van der Waals surface area contributed by atoms with Gasteiger partial charge in [0.1, 0.15) is 47.2 Å². The lowest BCUT2D eigenvalue weighted by Gasteiger charge is -2.42. The van der Waals surface area contributed by atoms with Crippen molar-refractivity contribution < 1.29 is 41.0 Å². The number of pyridine rings is 1. The smallest absolute Gasteiger partial charge is 0.471 e. The Morgan fingerprint density at radius 1 is 1.10 bits per heavy atom. The van der Waals surface area contributed by atoms with Crippen LogP contribution in [0, 0.1) is 24.0 Å². The minimum Gasteiger partial charge on any atom is -0.508 e. The van der Waals surface area contributed by atoms with Gasteiger partial charge in [0.25, 0.3) is 0 Å². The number of nitrogens with two attached hydrogens (primary N) is 1. The van der Waals surface area contributed by atoms with Crippen LogP contribution >= 0.6 is 0 Å². The van der Waals surface area contributed by atoms with Gasteiger partial charge < -0.3 is 25.4 Å². The standard InChI is InChI=1S/C35H31F6N7O3/c1-2-22-24(37)7-4-17-10-21(49)11-23(25(17)22)28-27(38)29-26(30(42)43-28)31(46-14-19-5-6-20(15-46)48(19)32(50)35(39,40)41)45-33(44-29)51-16-34-8-3-9-47(34)13-18(36)12-34/h1,4,7,10-11,18-20,49H,3,5-6,8-9,12-16H2,(H2,42,43)/t18-,19?,20?,34+/m0/s1. The number of phenols is 1. The average Bonchev–Trinajstić information content (AvgIpc) is 3.70. The molecule has 8 rings (SSSR count). The topological polar surface area (TPSA) is 121 Å². The van der Waals surface area contributed by atoms with Crippen molar-refractivity contribution in [2.45, 2.75) is 62.1 Å². The van der Waals surface area contributed by atoms with Crippen LogP contribution < -0.4 is 15.4 Å². The summed E-state index contributed by atoms with van der Waals surface area (Å²) in [4.78, 5) is 30.2. The molecule has 4 saturated heterocycles. The van der Waals surface area contributed by atoms with Crippen LogP contribution in [0.4, 0.5) is 38.0 Å². The zero-order valence-corrected chi connectivity index (χ0v) is 27.0. The summed E-state index contributed by atoms with van der Waals surface area (Å²) in [6, 6.07) is 3.10. The number of anilines is 2. The van der Waals surface area contributed by atoms with Crippen LogP contribution in [-0.4, -0.2) is 98.5 Å². The minimum atomic E-state index is -5.05. The highest BCUT2D eigenvalue weighted by Gasteiger charge is 2.52. The Hall–Kier alpha value is -5.04. The van der Waals surface area contributed by atoms with Gasteiger partial charge >= 0.3 is 18.1 Å². The second-order valence-corrected chi connectivity index (χ2v) is 13.7. The fraction of sp³-hybridized carbons (Fsp3) is 0.429. The van der Waals surface area contributed by atoms with Gasteiger partial charge in [-0.3, -0.25) is 9.69 Å². The molecule has 4 fully saturated rings. The third-order valence-corrected chi connectivity index (χ3v) is 10.7. The van der Waals surface area contributed by atoms with Crippen molar-refractivity contribution in [3.63, 3.8) is 0 Å². The third kappa shape index (κ3) is 5.31. The van der Waals surface area contributed by atoms with Crippen molar-refractivity contribution in [2.75, 3.05) is 43.4 Å². The number of phenolic OH excluding ortho intramolecular Hbond substituents is 1. The quantitative estimate of drug-likeness (QED) is 0.216. The van der Waals surface area contributed by atoms with Crippen LogP contribution in [0.2, 0.25) is 0 Å². The molecule has 4 aromatic rings. The van der Waals surface area contributed by atoms with Gasteiger partial charge in [-0.05, 0) is 55.8 Å². The summed E-state index contributed by atoms with van der Waals surface area (Å²) in [6.07, 6.45) is 1.90. The van der Waals surface area contributed by atoms with E-state index in [1.807, 2.05) is 4.90 Å². The molecular weight excluding hydrogens is 680 g/mol. The Bertz CT molecular complexity index is 2150. The van der Waals surface area contributed by atoms with Crippen molar-refractivity contribution in [1.29, 1.82) is 0 Å². The number of hydrogen-bond acceptors (Lipinski definition) is 9. The van der Waals surface area contributed by atoms with E-state index in [2.05, 4.69) is 20.9 Å². The first-order chi connectivity index (χ1) is 24.3. The van der Waals surface area contributed by atoms with E-state index in [9.17, 15) is 31.9 Å². The summed E-state index contributed by atoms with van der Waals surface area (Å²) in [6.45, 7) is 0.797. The minimum absolute atomic E-state index is 0.00543. The number of nitrogens with zero attached hydrogens (tertiary/aromatic N) is 6. The molecule has 4 aliphatic heterocycles. The number of nitrogen functional groups attached to an aromatic ring is 1. The normalized spacial score (nSPS) is 24.8. The Morgan fingerprint density at radius 2 is 1.84 bits per heavy atom. The summed E-state index contributed by atoms with van der Waals surface area (Å²) in [7, 11) is 0. The van der Waals surface area contributed by atoms with Gasteiger partial charge in [-0.1, -0.05) is 12.0 Å². The Kier molecular flexibility index (Phi) is 7.64. The predicted molar refractivity (Wildman–Crippen MR) is 175 cm³/mol. The molecule has 4 atom stereocenters. The first-order valence-electron chi connectivity index (χ1n) is 16.5. The zero-order valence-electron chi connectivity index (χ0n) is 27.0. The van der Waals surface area contributed by atoms with Crippen LogP contribution in [0.25, 0.3) is 32.9 Å². The number of fused-ring (bicyclic) bond motifs is 5. The number of carbonyl (C=O) groups is 1. The second-order valence-electron chi connectivity index (χ2n) is 13.7. The highest BCUT2D eigenvalue weighted by molar-refractivity contribution is 6.05. The number of aromatic nitrogens is 3. The van der Waals surface area contributed by atoms with E-state index in [1.54, 1.807) is 4.90 Å². The maximum absolute atomic E-state index is 17.0. The van der Waals surface area contributed by atoms with E-state index < -0.39 is 53.2 Å². The van der Waals surface area contributed by atoms with Gasteiger partial charge in [0, 0.05) is 37.0 Å². The third-order valence-electron chi connectivity index (χ3n) is 10.7. The molecule has 16 heteroatoms. The summed E-state index contributed by atoms with van der Waals surface area (Å²) in [5.74, 6) is -1.96. The van der Waals surface area contributed by atoms with Gasteiger partial charge in [-0.15, -0.1) is 6.42 Å². The lowest BCUT2D eigenvalue weighted by molar-refractivity contribution is -0.188. The lowest BCUT2D eigenvalue weighted by Crippen LogP contribution is -2.59. The molecule has 0 aliphatic carbocycles. The predicted octanol–water partition coefficient (Wildman–Crippen LogP) is 5.09. The van der Waals surface area contributed by atoms with Gasteiger partial charge in [-0.25, -0.2) is 18.2 Å². The van der Waals surface area contributed by atoms with Gasteiger partial charge in [-0.2, -0.15) is 23.1 Å². The van der Waals surface area contributed by atoms with Gasteiger partial charge in [0.2, 0.25) is 0 Å². The molecule has 2 aromatic carbocycles. The van der Waals surface area contributed by atoms with Crippen molar-refractivity contribution in [2.24, 2.45) is 0 Å². The molecule has 51 heavy (non-hydrogen) atoms. The van der Waals surface area contributed by atoms with Crippen molar-refractivity contribution in [3.8, 4) is 35.4 Å². The summed E-state index contributed by atoms with van der Waals surface area (Å²) < 4.78 is 93.1. The number of ether oxygens (including phenoxy) is 1. The maximum Gasteiger partial charge on any atom is 0.471 e. The number of carbonyl (C=O) groups excluding carboxylic acids is 1. The molecule has 6 heterocycles. The molecular formula is C35H31F6N7O3. The molecule has 0 radical (unpaired) electrons. The number of hydrogen-bond donors (Lipinski definition) is 2. The summed E-state index contributed by atoms with van der Waals surface area (Å²) in [5, 5.41) is 10.9. The summed E-state index contributed by atoms with van der Waals surface area (Å²) in [5.41, 5.74) is 4.88. The van der Waals surface area contributed by atoms with Crippen molar-refractivity contribution in [1.82, 2.24) is 24.8 Å². The fourth-order valence-corrected chi connectivity index (χ4v) is 8.59. The number of terminal acetylenes is 1. The average molecular weight is 712 g/mol. The van der Waals surface area contributed by atoms with Crippen molar-refractivity contribution in [3.05, 3.63) is 41.5 Å². The number of benzene rings is 2. The van der Waals surface area contributed by atoms with E-state index in [0.717, 1.165) is 17.4 Å². The van der Waals surface area contributed by atoms with Crippen LogP contribution in [-0.2, 0) is 4.79 Å². The molecule has 0 saturated carbocycles. The van der Waals surface area contributed by atoms with Crippen LogP contribution in [0.3, 0.4) is 0 Å². The molecule has 3 N–H and O–H groups in total. The molecule has 2 bridgehead atoms. The van der Waals surface area contributed by atoms with E-state index in [-0.39, 0.29) is 83.5 Å². The van der Waals surface area contributed by atoms with Crippen LogP contribution in [0.1, 0.15) is 37.7 Å². The molecule has 2 aromatic heterocycles. The number of rotatable bonds is 5. The number of amides is 1. The Labute approximate surface area is 287 Å². The first kappa shape index (κ1) is 33.1. The molecule has 1 amide bonds. The molecule has 0 spiro atoms. The van der Waals surface area contributed by atoms with Gasteiger partial charge in [0.15, 0.2) is 5.82 Å². The van der Waals surface area contributed by atoms with Gasteiger partial charge in [0.05, 0.1) is 28.6 Å². The molecule has 266 valence electrons. The highest BCUT2D eigenvalue weighted by atomic mass is 19.4. The highest BCUT2D eigenvalue weighted by Crippen LogP contribution is 2.44. The monoisotopic (exact) mass is 711 g/mol. The number of piperazine rings is 1. The Morgan fingerprint density at radius 3 is 2.55 bits per heavy atom. The molecule has 10 nitrogen and oxygen atoms in total. The molecule has 2 unspecified atom stereocenters. The van der Waals surface area contributed by atoms with E-state index in [1.165, 1.54) is 18.2 Å². The summed E-state index contributed by atoms with van der Waals surface area (Å²) >= 11 is 0. The van der Waals surface area contributed by atoms with E-state index in [0.29, 0.717) is 31.2 Å². The number of halogens is 6. The van der Waals surface area contributed by atoms with E-state index in [4.69, 9.17) is 16.9 Å². The van der Waals surface area contributed by atoms with Crippen molar-refractivity contribution >= 4 is 39.2 Å². The Balaban J connectivity index is 1.28. The maximum atomic E-state index is 17.0. The number of aromatic hydroxyl groups is 1. The van der Waals surface area contributed by atoms with E-state index >= 15 is 4.39 Å². The lowest BCUT2D eigenvalue weighted by atomic mass is 9.95. The zero-order chi connectivity index (χ0) is 36.0. The fourth-order valence-electron chi connectivity index (χ4n) is 8.59.